The van der Waals surface area contributed by atoms with Gasteiger partial charge in [0.15, 0.2) is 0 Å². The van der Waals surface area contributed by atoms with Gasteiger partial charge < -0.3 is 14.6 Å². The molecule has 1 heterocycles. The van der Waals surface area contributed by atoms with E-state index in [9.17, 15) is 14.7 Å². The monoisotopic (exact) mass is 346 g/mol. The van der Waals surface area contributed by atoms with Crippen LogP contribution in [0, 0.1) is 5.92 Å². The van der Waals surface area contributed by atoms with Gasteiger partial charge in [-0.2, -0.15) is 0 Å². The first-order valence-electron chi connectivity index (χ1n) is 8.49. The van der Waals surface area contributed by atoms with Crippen LogP contribution >= 0.6 is 0 Å². The van der Waals surface area contributed by atoms with E-state index >= 15 is 0 Å². The number of hydrogen-bond acceptors (Lipinski definition) is 5. The Hall–Kier alpha value is -2.14. The van der Waals surface area contributed by atoms with Crippen LogP contribution in [0.2, 0.25) is 0 Å². The van der Waals surface area contributed by atoms with E-state index in [1.54, 1.807) is 26.0 Å². The number of aliphatic hydroxyl groups is 1. The highest BCUT2D eigenvalue weighted by Gasteiger charge is 2.44. The summed E-state index contributed by atoms with van der Waals surface area (Å²) in [6.07, 6.45) is 4.39. The molecule has 136 valence electrons. The highest BCUT2D eigenvalue weighted by atomic mass is 16.6. The molecule has 1 N–H and O–H groups in total. The first-order valence-corrected chi connectivity index (χ1v) is 8.49. The lowest BCUT2D eigenvalue weighted by molar-refractivity contribution is -0.147. The number of carbonyl (C=O) groups is 2. The van der Waals surface area contributed by atoms with E-state index in [0.717, 1.165) is 11.1 Å². The number of hydrogen-bond donors (Lipinski definition) is 1. The quantitative estimate of drug-likeness (QED) is 0.473. The lowest BCUT2D eigenvalue weighted by Crippen LogP contribution is -2.34. The summed E-state index contributed by atoms with van der Waals surface area (Å²) in [5, 5.41) is 10.2. The zero-order valence-corrected chi connectivity index (χ0v) is 15.2. The van der Waals surface area contributed by atoms with Crippen LogP contribution in [0.15, 0.2) is 47.1 Å². The number of allylic oxidation sites excluding steroid dienone is 1. The molecule has 0 amide bonds. The van der Waals surface area contributed by atoms with Crippen molar-refractivity contribution in [2.24, 2.45) is 5.92 Å². The largest absolute Gasteiger partial charge is 0.458 e. The van der Waals surface area contributed by atoms with Crippen molar-refractivity contribution in [3.05, 3.63) is 47.1 Å². The molecule has 0 aromatic rings. The van der Waals surface area contributed by atoms with Gasteiger partial charge in [-0.1, -0.05) is 29.9 Å². The van der Waals surface area contributed by atoms with Crippen molar-refractivity contribution in [1.29, 1.82) is 0 Å². The maximum Gasteiger partial charge on any atom is 0.334 e. The summed E-state index contributed by atoms with van der Waals surface area (Å²) in [7, 11) is 0. The third kappa shape index (κ3) is 4.48. The summed E-state index contributed by atoms with van der Waals surface area (Å²) >= 11 is 0. The first kappa shape index (κ1) is 19.2. The Morgan fingerprint density at radius 1 is 1.32 bits per heavy atom. The highest BCUT2D eigenvalue weighted by molar-refractivity contribution is 5.92. The van der Waals surface area contributed by atoms with Crippen molar-refractivity contribution in [2.75, 3.05) is 0 Å². The molecule has 1 saturated heterocycles. The molecule has 0 saturated carbocycles. The van der Waals surface area contributed by atoms with Crippen LogP contribution in [0.5, 0.6) is 0 Å². The van der Waals surface area contributed by atoms with E-state index in [-0.39, 0.29) is 0 Å². The third-order valence-corrected chi connectivity index (χ3v) is 4.66. The maximum atomic E-state index is 12.3. The Labute approximate surface area is 148 Å². The van der Waals surface area contributed by atoms with E-state index in [1.165, 1.54) is 0 Å². The molecule has 2 rings (SSSR count). The molecule has 0 aromatic carbocycles. The average molecular weight is 346 g/mol. The van der Waals surface area contributed by atoms with E-state index in [1.807, 2.05) is 19.9 Å². The van der Waals surface area contributed by atoms with E-state index in [4.69, 9.17) is 9.47 Å². The summed E-state index contributed by atoms with van der Waals surface area (Å²) in [5.41, 5.74) is 2.62. The number of esters is 2. The summed E-state index contributed by atoms with van der Waals surface area (Å²) in [6.45, 7) is 11.1. The van der Waals surface area contributed by atoms with Crippen LogP contribution < -0.4 is 0 Å². The molecule has 5 nitrogen and oxygen atoms in total. The molecule has 0 aromatic heterocycles. The fourth-order valence-electron chi connectivity index (χ4n) is 3.22. The Morgan fingerprint density at radius 3 is 2.60 bits per heavy atom. The van der Waals surface area contributed by atoms with Crippen molar-refractivity contribution in [2.45, 2.75) is 58.8 Å². The van der Waals surface area contributed by atoms with Crippen LogP contribution in [-0.4, -0.2) is 35.4 Å². The number of ether oxygens (including phenoxy) is 2. The van der Waals surface area contributed by atoms with E-state index in [0.29, 0.717) is 24.0 Å². The number of rotatable bonds is 2. The van der Waals surface area contributed by atoms with Gasteiger partial charge in [-0.05, 0) is 40.2 Å². The Kier molecular flexibility index (Phi) is 6.01. The van der Waals surface area contributed by atoms with E-state index in [2.05, 4.69) is 6.58 Å². The molecular weight excluding hydrogens is 320 g/mol. The number of carbonyl (C=O) groups excluding carboxylic acids is 2. The van der Waals surface area contributed by atoms with Crippen LogP contribution in [-0.2, 0) is 19.1 Å². The third-order valence-electron chi connectivity index (χ3n) is 4.66. The van der Waals surface area contributed by atoms with E-state index < -0.39 is 36.2 Å². The first-order chi connectivity index (χ1) is 11.7. The molecule has 1 aliphatic carbocycles. The van der Waals surface area contributed by atoms with Gasteiger partial charge in [0.2, 0.25) is 0 Å². The van der Waals surface area contributed by atoms with Crippen LogP contribution in [0.3, 0.4) is 0 Å². The predicted octanol–water partition coefficient (Wildman–Crippen LogP) is 3.01. The van der Waals surface area contributed by atoms with Crippen LogP contribution in [0.25, 0.3) is 0 Å². The highest BCUT2D eigenvalue weighted by Crippen LogP contribution is 2.36. The zero-order valence-electron chi connectivity index (χ0n) is 15.2. The standard InChI is InChI=1S/C20H26O5/c1-6-13(4)19(22)24-16-9-11(2)7-15(21)8-12(3)10-17-18(16)14(5)20(23)25-17/h6-7,10,15-18,21H,5,8-9H2,1-4H3/b11-7+,12-10+,13-6-. The molecular formula is C20H26O5. The van der Waals surface area contributed by atoms with Crippen LogP contribution in [0.4, 0.5) is 0 Å². The summed E-state index contributed by atoms with van der Waals surface area (Å²) in [4.78, 5) is 24.3. The predicted molar refractivity (Wildman–Crippen MR) is 94.6 cm³/mol. The minimum Gasteiger partial charge on any atom is -0.458 e. The lowest BCUT2D eigenvalue weighted by Gasteiger charge is -2.28. The average Bonchev–Trinajstić information content (AvgIpc) is 2.78. The number of fused-ring (bicyclic) bond motifs is 1. The Morgan fingerprint density at radius 2 is 1.96 bits per heavy atom. The second-order valence-electron chi connectivity index (χ2n) is 6.84. The smallest absolute Gasteiger partial charge is 0.334 e. The van der Waals surface area contributed by atoms with Gasteiger partial charge in [-0.25, -0.2) is 9.59 Å². The molecule has 4 atom stereocenters. The lowest BCUT2D eigenvalue weighted by atomic mass is 9.85. The normalized spacial score (nSPS) is 35.0. The summed E-state index contributed by atoms with van der Waals surface area (Å²) < 4.78 is 11.1. The minimum absolute atomic E-state index is 0.318. The van der Waals surface area contributed by atoms with Crippen LogP contribution in [0.1, 0.15) is 40.5 Å². The van der Waals surface area contributed by atoms with Gasteiger partial charge in [0.05, 0.1) is 12.0 Å². The topological polar surface area (TPSA) is 72.8 Å². The molecule has 25 heavy (non-hydrogen) atoms. The van der Waals surface area contributed by atoms with Gasteiger partial charge in [-0.3, -0.25) is 0 Å². The Balaban J connectivity index is 2.42. The Bertz CT molecular complexity index is 668. The van der Waals surface area contributed by atoms with Gasteiger partial charge in [0.1, 0.15) is 12.2 Å². The zero-order chi connectivity index (χ0) is 18.7. The summed E-state index contributed by atoms with van der Waals surface area (Å²) in [5.74, 6) is -1.33. The minimum atomic E-state index is -0.623. The molecule has 0 radical (unpaired) electrons. The maximum absolute atomic E-state index is 12.3. The molecule has 2 aliphatic rings. The molecule has 0 bridgehead atoms. The number of aliphatic hydroxyl groups excluding tert-OH is 1. The van der Waals surface area contributed by atoms with Crippen molar-refractivity contribution in [3.8, 4) is 0 Å². The van der Waals surface area contributed by atoms with Gasteiger partial charge in [0, 0.05) is 17.6 Å². The SMILES string of the molecule is C=C1C(=O)OC2/C=C(\C)CC(O)/C=C(\C)CC(OC(=O)/C(C)=C\C)C12. The summed E-state index contributed by atoms with van der Waals surface area (Å²) in [6, 6.07) is 0. The van der Waals surface area contributed by atoms with Gasteiger partial charge in [0.25, 0.3) is 0 Å². The van der Waals surface area contributed by atoms with Crippen molar-refractivity contribution in [3.63, 3.8) is 0 Å². The molecule has 5 heteroatoms. The van der Waals surface area contributed by atoms with Gasteiger partial charge in [-0.15, -0.1) is 0 Å². The van der Waals surface area contributed by atoms with Gasteiger partial charge >= 0.3 is 11.9 Å². The molecule has 1 aliphatic heterocycles. The molecule has 4 unspecified atom stereocenters. The fraction of sp³-hybridized carbons (Fsp3) is 0.500. The molecule has 0 spiro atoms. The molecule has 1 fully saturated rings. The van der Waals surface area contributed by atoms with Crippen molar-refractivity contribution >= 4 is 11.9 Å². The van der Waals surface area contributed by atoms with Crippen molar-refractivity contribution < 1.29 is 24.2 Å². The second kappa shape index (κ2) is 7.83. The van der Waals surface area contributed by atoms with Crippen molar-refractivity contribution in [1.82, 2.24) is 0 Å². The second-order valence-corrected chi connectivity index (χ2v) is 6.84. The fourth-order valence-corrected chi connectivity index (χ4v) is 3.22.